The summed E-state index contributed by atoms with van der Waals surface area (Å²) in [7, 11) is 1.42. The maximum atomic E-state index is 13.9. The van der Waals surface area contributed by atoms with Gasteiger partial charge in [-0.25, -0.2) is 9.18 Å². The van der Waals surface area contributed by atoms with Gasteiger partial charge in [-0.2, -0.15) is 0 Å². The van der Waals surface area contributed by atoms with Crippen LogP contribution in [0.5, 0.6) is 11.5 Å². The molecule has 0 atom stereocenters. The minimum Gasteiger partial charge on any atom is -0.493 e. The maximum absolute atomic E-state index is 13.9. The number of nitrogens with one attached hydrogen (secondary N) is 1. The van der Waals surface area contributed by atoms with Crippen molar-refractivity contribution >= 4 is 41.0 Å². The second-order valence-corrected chi connectivity index (χ2v) is 7.58. The number of benzene rings is 3. The molecule has 6 nitrogen and oxygen atoms in total. The first-order chi connectivity index (χ1) is 15.9. The van der Waals surface area contributed by atoms with E-state index in [1.54, 1.807) is 24.3 Å². The Hall–Kier alpha value is -4.04. The summed E-state index contributed by atoms with van der Waals surface area (Å²) in [6.45, 7) is 1.90. The van der Waals surface area contributed by atoms with E-state index in [-0.39, 0.29) is 28.1 Å². The third-order valence-corrected chi connectivity index (χ3v) is 5.31. The molecular weight excluding hydrogens is 443 g/mol. The Bertz CT molecular complexity index is 1310. The molecule has 33 heavy (non-hydrogen) atoms. The average Bonchev–Trinajstić information content (AvgIpc) is 3.08. The second kappa shape index (κ2) is 9.22. The highest BCUT2D eigenvalue weighted by atomic mass is 32.1. The van der Waals surface area contributed by atoms with E-state index >= 15 is 0 Å². The Morgan fingerprint density at radius 2 is 1.79 bits per heavy atom. The number of hydrogen-bond acceptors (Lipinski definition) is 5. The summed E-state index contributed by atoms with van der Waals surface area (Å²) in [5, 5.41) is 3.22. The largest absolute Gasteiger partial charge is 0.493 e. The van der Waals surface area contributed by atoms with Gasteiger partial charge in [0.25, 0.3) is 5.91 Å². The van der Waals surface area contributed by atoms with Crippen molar-refractivity contribution < 1.29 is 23.5 Å². The fourth-order valence-electron chi connectivity index (χ4n) is 3.37. The minimum atomic E-state index is -0.843. The van der Waals surface area contributed by atoms with Crippen LogP contribution in [0.1, 0.15) is 21.5 Å². The van der Waals surface area contributed by atoms with Gasteiger partial charge in [0.1, 0.15) is 11.5 Å². The van der Waals surface area contributed by atoms with E-state index in [1.807, 2.05) is 31.2 Å². The first-order valence-electron chi connectivity index (χ1n) is 9.96. The van der Waals surface area contributed by atoms with Crippen LogP contribution in [-0.2, 0) is 4.79 Å². The molecule has 1 saturated heterocycles. The first kappa shape index (κ1) is 22.2. The molecule has 0 aliphatic carbocycles. The minimum absolute atomic E-state index is 0.121. The van der Waals surface area contributed by atoms with E-state index in [0.717, 1.165) is 5.56 Å². The molecule has 8 heteroatoms. The maximum Gasteiger partial charge on any atom is 0.346 e. The van der Waals surface area contributed by atoms with Gasteiger partial charge >= 0.3 is 5.97 Å². The molecule has 0 bridgehead atoms. The number of carbonyl (C=O) groups excluding carboxylic acids is 2. The van der Waals surface area contributed by atoms with Crippen LogP contribution in [0, 0.1) is 12.7 Å². The number of hydrogen-bond donors (Lipinski definition) is 1. The Kier molecular flexibility index (Phi) is 6.19. The molecule has 166 valence electrons. The van der Waals surface area contributed by atoms with Gasteiger partial charge in [-0.15, -0.1) is 0 Å². The molecule has 0 saturated carbocycles. The van der Waals surface area contributed by atoms with Crippen molar-refractivity contribution in [3.63, 3.8) is 0 Å². The van der Waals surface area contributed by atoms with Gasteiger partial charge in [0, 0.05) is 0 Å². The quantitative estimate of drug-likeness (QED) is 0.258. The van der Waals surface area contributed by atoms with E-state index in [1.165, 1.54) is 36.3 Å². The highest BCUT2D eigenvalue weighted by molar-refractivity contribution is 7.80. The summed E-state index contributed by atoms with van der Waals surface area (Å²) < 4.78 is 24.5. The number of thiocarbonyl (C=S) groups is 1. The van der Waals surface area contributed by atoms with Gasteiger partial charge in [0.2, 0.25) is 0 Å². The van der Waals surface area contributed by atoms with E-state index in [4.69, 9.17) is 21.7 Å². The second-order valence-electron chi connectivity index (χ2n) is 7.19. The Labute approximate surface area is 195 Å². The standard InChI is InChI=1S/C25H19FN2O4S/c1-15-7-3-6-10-20(15)28-23(29)19(27-25(28)33)13-16-11-12-21(22(14-16)31-2)32-24(30)17-8-4-5-9-18(17)26/h3-14H,1-2H3,(H,27,33)/b19-13-. The molecule has 0 aromatic heterocycles. The monoisotopic (exact) mass is 462 g/mol. The van der Waals surface area contributed by atoms with Crippen molar-refractivity contribution in [1.29, 1.82) is 0 Å². The molecule has 3 aromatic carbocycles. The number of amides is 1. The van der Waals surface area contributed by atoms with Crippen molar-refractivity contribution in [2.45, 2.75) is 6.92 Å². The van der Waals surface area contributed by atoms with E-state index in [2.05, 4.69) is 5.32 Å². The fourth-order valence-corrected chi connectivity index (χ4v) is 3.67. The molecular formula is C25H19FN2O4S. The molecule has 0 unspecified atom stereocenters. The number of anilines is 1. The van der Waals surface area contributed by atoms with Crippen LogP contribution in [-0.4, -0.2) is 24.1 Å². The van der Waals surface area contributed by atoms with Crippen LogP contribution in [0.3, 0.4) is 0 Å². The number of methoxy groups -OCH3 is 1. The van der Waals surface area contributed by atoms with Crippen LogP contribution in [0.15, 0.2) is 72.4 Å². The van der Waals surface area contributed by atoms with Crippen molar-refractivity contribution in [2.75, 3.05) is 12.0 Å². The van der Waals surface area contributed by atoms with Gasteiger partial charge in [-0.1, -0.05) is 36.4 Å². The molecule has 1 aliphatic heterocycles. The first-order valence-corrected chi connectivity index (χ1v) is 10.4. The predicted molar refractivity (Wildman–Crippen MR) is 127 cm³/mol. The summed E-state index contributed by atoms with van der Waals surface area (Å²) in [5.74, 6) is -1.44. The number of aryl methyl sites for hydroxylation is 1. The van der Waals surface area contributed by atoms with Crippen LogP contribution in [0.2, 0.25) is 0 Å². The van der Waals surface area contributed by atoms with E-state index in [0.29, 0.717) is 16.9 Å². The lowest BCUT2D eigenvalue weighted by atomic mass is 10.1. The summed E-state index contributed by atoms with van der Waals surface area (Å²) in [4.78, 5) is 26.8. The topological polar surface area (TPSA) is 67.9 Å². The number of rotatable bonds is 5. The van der Waals surface area contributed by atoms with Gasteiger partial charge in [0.15, 0.2) is 16.6 Å². The normalized spacial score (nSPS) is 14.4. The molecule has 1 fully saturated rings. The molecule has 3 aromatic rings. The molecule has 0 radical (unpaired) electrons. The molecule has 4 rings (SSSR count). The highest BCUT2D eigenvalue weighted by Gasteiger charge is 2.32. The van der Waals surface area contributed by atoms with Gasteiger partial charge in [-0.05, 0) is 66.7 Å². The predicted octanol–water partition coefficient (Wildman–Crippen LogP) is 4.62. The van der Waals surface area contributed by atoms with Crippen LogP contribution < -0.4 is 19.7 Å². The Balaban J connectivity index is 1.59. The van der Waals surface area contributed by atoms with Crippen LogP contribution >= 0.6 is 12.2 Å². The SMILES string of the molecule is COc1cc(/C=C2\NC(=S)N(c3ccccc3C)C2=O)ccc1OC(=O)c1ccccc1F. The zero-order chi connectivity index (χ0) is 23.5. The molecule has 0 spiro atoms. The third-order valence-electron chi connectivity index (χ3n) is 5.03. The summed E-state index contributed by atoms with van der Waals surface area (Å²) in [6, 6.07) is 17.8. The van der Waals surface area contributed by atoms with E-state index < -0.39 is 11.8 Å². The fraction of sp³-hybridized carbons (Fsp3) is 0.0800. The number of esters is 1. The number of halogens is 1. The van der Waals surface area contributed by atoms with E-state index in [9.17, 15) is 14.0 Å². The lowest BCUT2D eigenvalue weighted by Crippen LogP contribution is -2.30. The zero-order valence-electron chi connectivity index (χ0n) is 17.8. The van der Waals surface area contributed by atoms with Gasteiger partial charge in [0.05, 0.1) is 18.4 Å². The summed E-state index contributed by atoms with van der Waals surface area (Å²) >= 11 is 5.37. The Morgan fingerprint density at radius 3 is 2.52 bits per heavy atom. The molecule has 1 N–H and O–H groups in total. The lowest BCUT2D eigenvalue weighted by molar-refractivity contribution is -0.113. The molecule has 1 amide bonds. The Morgan fingerprint density at radius 1 is 1.06 bits per heavy atom. The number of nitrogens with zero attached hydrogens (tertiary/aromatic N) is 1. The van der Waals surface area contributed by atoms with Crippen molar-refractivity contribution in [3.8, 4) is 11.5 Å². The highest BCUT2D eigenvalue weighted by Crippen LogP contribution is 2.31. The van der Waals surface area contributed by atoms with Gasteiger partial charge < -0.3 is 14.8 Å². The van der Waals surface area contributed by atoms with Crippen molar-refractivity contribution in [3.05, 3.63) is 94.9 Å². The lowest BCUT2D eigenvalue weighted by Gasteiger charge is -2.16. The molecule has 1 aliphatic rings. The molecule has 1 heterocycles. The third kappa shape index (κ3) is 4.47. The number of carbonyl (C=O) groups is 2. The van der Waals surface area contributed by atoms with Crippen molar-refractivity contribution in [2.24, 2.45) is 0 Å². The van der Waals surface area contributed by atoms with Crippen molar-refractivity contribution in [1.82, 2.24) is 5.32 Å². The zero-order valence-corrected chi connectivity index (χ0v) is 18.6. The number of para-hydroxylation sites is 1. The summed E-state index contributed by atoms with van der Waals surface area (Å²) in [5.41, 5.74) is 2.34. The average molecular weight is 463 g/mol. The van der Waals surface area contributed by atoms with Crippen LogP contribution in [0.4, 0.5) is 10.1 Å². The van der Waals surface area contributed by atoms with Gasteiger partial charge in [-0.3, -0.25) is 9.69 Å². The van der Waals surface area contributed by atoms with Crippen LogP contribution in [0.25, 0.3) is 6.08 Å². The smallest absolute Gasteiger partial charge is 0.346 e. The number of ether oxygens (including phenoxy) is 2. The summed E-state index contributed by atoms with van der Waals surface area (Å²) in [6.07, 6.45) is 1.62.